The van der Waals surface area contributed by atoms with Gasteiger partial charge in [0, 0.05) is 17.5 Å². The summed E-state index contributed by atoms with van der Waals surface area (Å²) < 4.78 is 5.22. The van der Waals surface area contributed by atoms with Crippen LogP contribution in [-0.4, -0.2) is 48.5 Å². The maximum Gasteiger partial charge on any atom is 0.349 e. The lowest BCUT2D eigenvalue weighted by molar-refractivity contribution is -0.898. The standard InChI is InChI=1S/C23H21N3O5/c27-22(20-16-18-15-19(26(29)30)8-9-21(18)31-23(20)28)25-13-11-24(12-14-25)10-4-7-17-5-2-1-3-6-17/h1-9,15-16H,10-14H2/p+1/b7-4+. The van der Waals surface area contributed by atoms with E-state index >= 15 is 0 Å². The summed E-state index contributed by atoms with van der Waals surface area (Å²) in [6, 6.07) is 15.4. The minimum absolute atomic E-state index is 0.0968. The molecule has 2 heterocycles. The minimum Gasteiger partial charge on any atom is -0.422 e. The van der Waals surface area contributed by atoms with E-state index in [1.54, 1.807) is 4.90 Å². The summed E-state index contributed by atoms with van der Waals surface area (Å²) in [6.07, 6.45) is 4.22. The van der Waals surface area contributed by atoms with Crippen LogP contribution in [0.3, 0.4) is 0 Å². The summed E-state index contributed by atoms with van der Waals surface area (Å²) in [4.78, 5) is 38.7. The van der Waals surface area contributed by atoms with Crippen LogP contribution in [0.1, 0.15) is 15.9 Å². The average Bonchev–Trinajstić information content (AvgIpc) is 2.79. The summed E-state index contributed by atoms with van der Waals surface area (Å²) in [5, 5.41) is 11.3. The Hall–Kier alpha value is -3.78. The van der Waals surface area contributed by atoms with Gasteiger partial charge in [-0.3, -0.25) is 14.9 Å². The smallest absolute Gasteiger partial charge is 0.349 e. The van der Waals surface area contributed by atoms with Crippen molar-refractivity contribution < 1.29 is 19.0 Å². The number of fused-ring (bicyclic) bond motifs is 1. The van der Waals surface area contributed by atoms with E-state index in [0.717, 1.165) is 25.2 Å². The SMILES string of the molecule is O=C(c1cc2cc([N+](=O)[O-])ccc2oc1=O)N1CC[NH+](C/C=C/c2ccccc2)CC1. The number of carbonyl (C=O) groups excluding carboxylic acids is 1. The number of quaternary nitrogens is 1. The third kappa shape index (κ3) is 4.70. The number of carbonyl (C=O) groups is 1. The highest BCUT2D eigenvalue weighted by atomic mass is 16.6. The number of nitrogens with zero attached hydrogens (tertiary/aromatic N) is 2. The van der Waals surface area contributed by atoms with Crippen molar-refractivity contribution in [3.63, 3.8) is 0 Å². The van der Waals surface area contributed by atoms with Crippen molar-refractivity contribution in [3.8, 4) is 0 Å². The number of nitro groups is 1. The van der Waals surface area contributed by atoms with Gasteiger partial charge in [0.15, 0.2) is 0 Å². The Labute approximate surface area is 178 Å². The molecule has 1 aliphatic rings. The van der Waals surface area contributed by atoms with Gasteiger partial charge in [0.1, 0.15) is 11.1 Å². The predicted molar refractivity (Wildman–Crippen MR) is 116 cm³/mol. The van der Waals surface area contributed by atoms with Gasteiger partial charge >= 0.3 is 5.63 Å². The van der Waals surface area contributed by atoms with E-state index in [4.69, 9.17) is 4.42 Å². The zero-order valence-electron chi connectivity index (χ0n) is 16.8. The van der Waals surface area contributed by atoms with Crippen molar-refractivity contribution >= 4 is 28.6 Å². The highest BCUT2D eigenvalue weighted by Crippen LogP contribution is 2.21. The Kier molecular flexibility index (Phi) is 5.90. The monoisotopic (exact) mass is 420 g/mol. The summed E-state index contributed by atoms with van der Waals surface area (Å²) in [5.74, 6) is -0.402. The van der Waals surface area contributed by atoms with E-state index in [-0.39, 0.29) is 16.8 Å². The molecule has 8 nitrogen and oxygen atoms in total. The van der Waals surface area contributed by atoms with E-state index < -0.39 is 16.5 Å². The van der Waals surface area contributed by atoms with Gasteiger partial charge in [-0.25, -0.2) is 4.79 Å². The third-order valence-electron chi connectivity index (χ3n) is 5.43. The van der Waals surface area contributed by atoms with Crippen molar-refractivity contribution in [1.82, 2.24) is 4.90 Å². The second-order valence-corrected chi connectivity index (χ2v) is 7.49. The first-order valence-electron chi connectivity index (χ1n) is 10.1. The molecule has 0 aliphatic carbocycles. The number of rotatable bonds is 5. The van der Waals surface area contributed by atoms with Gasteiger partial charge in [-0.2, -0.15) is 0 Å². The largest absolute Gasteiger partial charge is 0.422 e. The molecule has 1 saturated heterocycles. The third-order valence-corrected chi connectivity index (χ3v) is 5.43. The first kappa shape index (κ1) is 20.5. The molecule has 1 fully saturated rings. The van der Waals surface area contributed by atoms with Crippen LogP contribution in [0.25, 0.3) is 17.0 Å². The van der Waals surface area contributed by atoms with Crippen LogP contribution >= 0.6 is 0 Å². The number of nitro benzene ring substituents is 1. The van der Waals surface area contributed by atoms with Gasteiger partial charge in [-0.15, -0.1) is 0 Å². The lowest BCUT2D eigenvalue weighted by Gasteiger charge is -2.31. The fraction of sp³-hybridized carbons (Fsp3) is 0.217. The Morgan fingerprint density at radius 2 is 1.87 bits per heavy atom. The number of piperazine rings is 1. The van der Waals surface area contributed by atoms with Crippen LogP contribution in [0.5, 0.6) is 0 Å². The van der Waals surface area contributed by atoms with Gasteiger partial charge in [0.2, 0.25) is 0 Å². The van der Waals surface area contributed by atoms with E-state index in [1.165, 1.54) is 29.2 Å². The van der Waals surface area contributed by atoms with Crippen LogP contribution < -0.4 is 10.5 Å². The lowest BCUT2D eigenvalue weighted by atomic mass is 10.1. The molecule has 0 spiro atoms. The average molecular weight is 420 g/mol. The molecule has 1 N–H and O–H groups in total. The molecule has 158 valence electrons. The number of hydrogen-bond donors (Lipinski definition) is 1. The highest BCUT2D eigenvalue weighted by Gasteiger charge is 2.26. The molecule has 31 heavy (non-hydrogen) atoms. The lowest BCUT2D eigenvalue weighted by Crippen LogP contribution is -3.14. The van der Waals surface area contributed by atoms with Crippen molar-refractivity contribution in [2.24, 2.45) is 0 Å². The first-order valence-corrected chi connectivity index (χ1v) is 10.1. The van der Waals surface area contributed by atoms with Crippen molar-refractivity contribution in [1.29, 1.82) is 0 Å². The van der Waals surface area contributed by atoms with E-state index in [0.29, 0.717) is 18.5 Å². The van der Waals surface area contributed by atoms with Crippen LogP contribution in [0.15, 0.2) is 69.9 Å². The fourth-order valence-corrected chi connectivity index (χ4v) is 3.70. The molecule has 0 radical (unpaired) electrons. The topological polar surface area (TPSA) is 98.1 Å². The quantitative estimate of drug-likeness (QED) is 0.385. The Balaban J connectivity index is 1.41. The molecule has 8 heteroatoms. The Morgan fingerprint density at radius 3 is 2.58 bits per heavy atom. The normalized spacial score (nSPS) is 14.9. The van der Waals surface area contributed by atoms with E-state index in [2.05, 4.69) is 12.2 Å². The molecule has 4 rings (SSSR count). The molecule has 0 saturated carbocycles. The molecule has 2 aromatic carbocycles. The Morgan fingerprint density at radius 1 is 1.13 bits per heavy atom. The van der Waals surface area contributed by atoms with Gasteiger partial charge in [-0.1, -0.05) is 36.4 Å². The number of benzene rings is 2. The zero-order chi connectivity index (χ0) is 21.8. The molecular formula is C23H22N3O5+. The zero-order valence-corrected chi connectivity index (χ0v) is 16.8. The van der Waals surface area contributed by atoms with Gasteiger partial charge in [-0.05, 0) is 23.8 Å². The predicted octanol–water partition coefficient (Wildman–Crippen LogP) is 1.76. The molecule has 1 aliphatic heterocycles. The van der Waals surface area contributed by atoms with Crippen LogP contribution in [0, 0.1) is 10.1 Å². The second kappa shape index (κ2) is 8.93. The molecule has 1 amide bonds. The van der Waals surface area contributed by atoms with Gasteiger partial charge in [0.05, 0.1) is 37.6 Å². The first-order chi connectivity index (χ1) is 15.0. The van der Waals surface area contributed by atoms with Crippen molar-refractivity contribution in [3.05, 3.63) is 92.3 Å². The Bertz CT molecular complexity index is 1190. The van der Waals surface area contributed by atoms with Crippen molar-refractivity contribution in [2.45, 2.75) is 0 Å². The summed E-state index contributed by atoms with van der Waals surface area (Å²) in [6.45, 7) is 3.46. The van der Waals surface area contributed by atoms with Crippen LogP contribution in [-0.2, 0) is 0 Å². The second-order valence-electron chi connectivity index (χ2n) is 7.49. The number of amides is 1. The summed E-state index contributed by atoms with van der Waals surface area (Å²) in [7, 11) is 0. The van der Waals surface area contributed by atoms with Crippen LogP contribution in [0.2, 0.25) is 0 Å². The van der Waals surface area contributed by atoms with Crippen molar-refractivity contribution in [2.75, 3.05) is 32.7 Å². The van der Waals surface area contributed by atoms with Gasteiger partial charge < -0.3 is 14.2 Å². The molecular weight excluding hydrogens is 398 g/mol. The molecule has 3 aromatic rings. The summed E-state index contributed by atoms with van der Waals surface area (Å²) >= 11 is 0. The van der Waals surface area contributed by atoms with E-state index in [1.807, 2.05) is 30.3 Å². The summed E-state index contributed by atoms with van der Waals surface area (Å²) in [5.41, 5.74) is 0.415. The molecule has 0 unspecified atom stereocenters. The highest BCUT2D eigenvalue weighted by molar-refractivity contribution is 5.97. The number of non-ortho nitro benzene ring substituents is 1. The number of hydrogen-bond acceptors (Lipinski definition) is 5. The fourth-order valence-electron chi connectivity index (χ4n) is 3.70. The van der Waals surface area contributed by atoms with Crippen LogP contribution in [0.4, 0.5) is 5.69 Å². The molecule has 0 bridgehead atoms. The maximum atomic E-state index is 12.9. The molecule has 1 aromatic heterocycles. The molecule has 0 atom stereocenters. The number of nitrogens with one attached hydrogen (secondary N) is 1. The van der Waals surface area contributed by atoms with Gasteiger partial charge in [0.25, 0.3) is 11.6 Å². The maximum absolute atomic E-state index is 12.9. The van der Waals surface area contributed by atoms with E-state index in [9.17, 15) is 19.7 Å². The minimum atomic E-state index is -0.730.